The van der Waals surface area contributed by atoms with Crippen molar-refractivity contribution in [1.82, 2.24) is 14.7 Å². The van der Waals surface area contributed by atoms with Crippen molar-refractivity contribution >= 4 is 23.2 Å². The number of hydrogen-bond donors (Lipinski definition) is 1. The van der Waals surface area contributed by atoms with Gasteiger partial charge in [0.25, 0.3) is 0 Å². The van der Waals surface area contributed by atoms with Gasteiger partial charge in [0.2, 0.25) is 5.91 Å². The van der Waals surface area contributed by atoms with E-state index in [1.807, 2.05) is 19.9 Å². The topological polar surface area (TPSA) is 73.0 Å². The van der Waals surface area contributed by atoms with Crippen LogP contribution in [0.1, 0.15) is 29.9 Å². The van der Waals surface area contributed by atoms with Crippen LogP contribution in [0.3, 0.4) is 0 Å². The van der Waals surface area contributed by atoms with Crippen LogP contribution in [-0.2, 0) is 4.79 Å². The maximum atomic E-state index is 12.5. The fourth-order valence-electron chi connectivity index (χ4n) is 2.69. The van der Waals surface area contributed by atoms with Gasteiger partial charge in [0.1, 0.15) is 5.76 Å². The van der Waals surface area contributed by atoms with Crippen molar-refractivity contribution < 1.29 is 9.32 Å². The summed E-state index contributed by atoms with van der Waals surface area (Å²) >= 11 is 6.31. The molecule has 1 amide bonds. The molecule has 2 heterocycles. The van der Waals surface area contributed by atoms with Crippen molar-refractivity contribution in [2.75, 3.05) is 5.32 Å². The normalized spacial score (nSPS) is 12.2. The lowest BCUT2D eigenvalue weighted by Gasteiger charge is -2.13. The van der Waals surface area contributed by atoms with Gasteiger partial charge in [0.15, 0.2) is 0 Å². The molecule has 0 aliphatic rings. The first-order chi connectivity index (χ1) is 11.5. The minimum absolute atomic E-state index is 0.143. The number of aryl methyl sites for hydroxylation is 2. The summed E-state index contributed by atoms with van der Waals surface area (Å²) in [6, 6.07) is 5.36. The van der Waals surface area contributed by atoms with Crippen molar-refractivity contribution in [3.8, 4) is 5.69 Å². The number of carbonyl (C=O) groups is 1. The highest BCUT2D eigenvalue weighted by Crippen LogP contribution is 2.27. The van der Waals surface area contributed by atoms with Crippen molar-refractivity contribution in [2.45, 2.75) is 26.7 Å². The molecule has 0 bridgehead atoms. The van der Waals surface area contributed by atoms with Crippen molar-refractivity contribution in [1.29, 1.82) is 0 Å². The molecule has 0 saturated heterocycles. The minimum atomic E-state index is -0.372. The Morgan fingerprint density at radius 1 is 1.38 bits per heavy atom. The van der Waals surface area contributed by atoms with Crippen molar-refractivity contribution in [3.05, 3.63) is 59.0 Å². The molecule has 3 rings (SSSR count). The van der Waals surface area contributed by atoms with E-state index in [1.165, 1.54) is 0 Å². The zero-order valence-electron chi connectivity index (χ0n) is 13.6. The second kappa shape index (κ2) is 6.49. The van der Waals surface area contributed by atoms with Crippen LogP contribution in [0, 0.1) is 13.8 Å². The van der Waals surface area contributed by atoms with Crippen LogP contribution >= 0.6 is 11.6 Å². The van der Waals surface area contributed by atoms with Crippen LogP contribution in [0.15, 0.2) is 41.4 Å². The third kappa shape index (κ3) is 3.05. The van der Waals surface area contributed by atoms with E-state index < -0.39 is 0 Å². The van der Waals surface area contributed by atoms with Gasteiger partial charge < -0.3 is 14.4 Å². The van der Waals surface area contributed by atoms with Crippen LogP contribution in [0.4, 0.5) is 5.69 Å². The van der Waals surface area contributed by atoms with Gasteiger partial charge in [-0.1, -0.05) is 16.8 Å². The Kier molecular flexibility index (Phi) is 4.40. The molecule has 0 aliphatic carbocycles. The SMILES string of the molecule is Cc1noc(C)c1[C@H](C)C(=O)Nc1ccc(-n2ccnc2)c(Cl)c1. The van der Waals surface area contributed by atoms with E-state index in [4.69, 9.17) is 16.1 Å². The molecule has 0 aliphatic heterocycles. The molecule has 0 unspecified atom stereocenters. The van der Waals surface area contributed by atoms with Gasteiger partial charge >= 0.3 is 0 Å². The quantitative estimate of drug-likeness (QED) is 0.779. The number of amides is 1. The number of carbonyl (C=O) groups excluding carboxylic acids is 1. The number of nitrogens with zero attached hydrogens (tertiary/aromatic N) is 3. The lowest BCUT2D eigenvalue weighted by atomic mass is 9.98. The van der Waals surface area contributed by atoms with E-state index in [0.29, 0.717) is 16.5 Å². The summed E-state index contributed by atoms with van der Waals surface area (Å²) in [5.41, 5.74) is 2.97. The largest absolute Gasteiger partial charge is 0.361 e. The molecule has 0 saturated carbocycles. The van der Waals surface area contributed by atoms with Crippen LogP contribution in [0.5, 0.6) is 0 Å². The van der Waals surface area contributed by atoms with E-state index in [1.54, 1.807) is 42.3 Å². The van der Waals surface area contributed by atoms with Gasteiger partial charge in [-0.3, -0.25) is 4.79 Å². The average Bonchev–Trinajstić information content (AvgIpc) is 3.17. The summed E-state index contributed by atoms with van der Waals surface area (Å²) in [7, 11) is 0. The molecule has 0 spiro atoms. The van der Waals surface area contributed by atoms with E-state index in [2.05, 4.69) is 15.5 Å². The van der Waals surface area contributed by atoms with Crippen LogP contribution in [0.25, 0.3) is 5.69 Å². The molecule has 1 atom stereocenters. The third-order valence-electron chi connectivity index (χ3n) is 3.91. The Balaban J connectivity index is 1.79. The highest BCUT2D eigenvalue weighted by Gasteiger charge is 2.23. The van der Waals surface area contributed by atoms with Gasteiger partial charge in [-0.15, -0.1) is 0 Å². The summed E-state index contributed by atoms with van der Waals surface area (Å²) in [5, 5.41) is 7.30. The van der Waals surface area contributed by atoms with Crippen molar-refractivity contribution in [2.24, 2.45) is 0 Å². The number of imidazole rings is 1. The monoisotopic (exact) mass is 344 g/mol. The number of hydrogen-bond acceptors (Lipinski definition) is 4. The van der Waals surface area contributed by atoms with Crippen LogP contribution < -0.4 is 5.32 Å². The fraction of sp³-hybridized carbons (Fsp3) is 0.235. The molecule has 3 aromatic rings. The molecule has 6 nitrogen and oxygen atoms in total. The number of anilines is 1. The number of nitrogens with one attached hydrogen (secondary N) is 1. The predicted octanol–water partition coefficient (Wildman–Crippen LogP) is 3.87. The highest BCUT2D eigenvalue weighted by molar-refractivity contribution is 6.32. The van der Waals surface area contributed by atoms with Gasteiger partial charge in [-0.05, 0) is 39.0 Å². The summed E-state index contributed by atoms with van der Waals surface area (Å²) in [5.74, 6) is 0.142. The Morgan fingerprint density at radius 2 is 2.17 bits per heavy atom. The lowest BCUT2D eigenvalue weighted by Crippen LogP contribution is -2.19. The molecule has 2 aromatic heterocycles. The Labute approximate surface area is 144 Å². The first-order valence-electron chi connectivity index (χ1n) is 7.49. The second-order valence-corrected chi connectivity index (χ2v) is 5.99. The minimum Gasteiger partial charge on any atom is -0.361 e. The number of rotatable bonds is 4. The van der Waals surface area contributed by atoms with E-state index in [0.717, 1.165) is 16.9 Å². The lowest BCUT2D eigenvalue weighted by molar-refractivity contribution is -0.117. The van der Waals surface area contributed by atoms with E-state index >= 15 is 0 Å². The Hall–Kier alpha value is -2.60. The average molecular weight is 345 g/mol. The maximum Gasteiger partial charge on any atom is 0.231 e. The summed E-state index contributed by atoms with van der Waals surface area (Å²) in [6.07, 6.45) is 5.15. The Morgan fingerprint density at radius 3 is 2.75 bits per heavy atom. The van der Waals surface area contributed by atoms with Gasteiger partial charge in [0.05, 0.1) is 28.6 Å². The summed E-state index contributed by atoms with van der Waals surface area (Å²) < 4.78 is 6.94. The highest BCUT2D eigenvalue weighted by atomic mass is 35.5. The number of benzene rings is 1. The van der Waals surface area contributed by atoms with Crippen molar-refractivity contribution in [3.63, 3.8) is 0 Å². The molecule has 7 heteroatoms. The summed E-state index contributed by atoms with van der Waals surface area (Å²) in [4.78, 5) is 16.5. The molecule has 1 aromatic carbocycles. The first-order valence-corrected chi connectivity index (χ1v) is 7.86. The van der Waals surface area contributed by atoms with E-state index in [-0.39, 0.29) is 11.8 Å². The third-order valence-corrected chi connectivity index (χ3v) is 4.22. The Bertz CT molecular complexity index is 851. The standard InChI is InChI=1S/C17H17ClN4O2/c1-10(16-11(2)21-24-12(16)3)17(23)20-13-4-5-15(14(18)8-13)22-7-6-19-9-22/h4-10H,1-3H3,(H,20,23)/t10-/m0/s1. The predicted molar refractivity (Wildman–Crippen MR) is 91.6 cm³/mol. The maximum absolute atomic E-state index is 12.5. The zero-order chi connectivity index (χ0) is 17.3. The second-order valence-electron chi connectivity index (χ2n) is 5.58. The molecule has 0 fully saturated rings. The number of halogens is 1. The van der Waals surface area contributed by atoms with Gasteiger partial charge in [-0.25, -0.2) is 4.98 Å². The first kappa shape index (κ1) is 16.3. The van der Waals surface area contributed by atoms with Crippen LogP contribution in [0.2, 0.25) is 5.02 Å². The molecular formula is C17H17ClN4O2. The molecule has 0 radical (unpaired) electrons. The van der Waals surface area contributed by atoms with Gasteiger partial charge in [0, 0.05) is 23.6 Å². The summed E-state index contributed by atoms with van der Waals surface area (Å²) in [6.45, 7) is 5.45. The molecule has 124 valence electrons. The van der Waals surface area contributed by atoms with E-state index in [9.17, 15) is 4.79 Å². The molecule has 1 N–H and O–H groups in total. The zero-order valence-corrected chi connectivity index (χ0v) is 14.3. The van der Waals surface area contributed by atoms with Gasteiger partial charge in [-0.2, -0.15) is 0 Å². The van der Waals surface area contributed by atoms with Crippen LogP contribution in [-0.4, -0.2) is 20.6 Å². The number of aromatic nitrogens is 3. The molecule has 24 heavy (non-hydrogen) atoms. The smallest absolute Gasteiger partial charge is 0.231 e. The molecular weight excluding hydrogens is 328 g/mol. The fourth-order valence-corrected chi connectivity index (χ4v) is 2.96.